The lowest BCUT2D eigenvalue weighted by molar-refractivity contribution is -0.941. The number of carbonyl (C=O) groups is 2. The van der Waals surface area contributed by atoms with Gasteiger partial charge in [-0.3, -0.25) is 0 Å². The molecule has 0 saturated heterocycles. The van der Waals surface area contributed by atoms with Gasteiger partial charge in [0.25, 0.3) is 0 Å². The van der Waals surface area contributed by atoms with E-state index in [2.05, 4.69) is 38.4 Å². The quantitative estimate of drug-likeness (QED) is 0.0289. The molecule has 2 aliphatic heterocycles. The fourth-order valence-corrected chi connectivity index (χ4v) is 10.4. The van der Waals surface area contributed by atoms with Crippen molar-refractivity contribution in [1.82, 2.24) is 0 Å². The highest BCUT2D eigenvalue weighted by Gasteiger charge is 2.42. The van der Waals surface area contributed by atoms with Crippen LogP contribution in [0.5, 0.6) is 57.5 Å². The lowest BCUT2D eigenvalue weighted by Gasteiger charge is -2.46. The smallest absolute Gasteiger partial charge is 0.350 e. The normalized spacial score (nSPS) is 19.3. The van der Waals surface area contributed by atoms with Gasteiger partial charge in [0.05, 0.1) is 125 Å². The maximum absolute atomic E-state index is 13.1. The summed E-state index contributed by atoms with van der Waals surface area (Å²) in [5.41, 5.74) is 6.64. The second-order valence-corrected chi connectivity index (χ2v) is 18.6. The highest BCUT2D eigenvalue weighted by atomic mass is 35.5. The zero-order chi connectivity index (χ0) is 51.5. The van der Waals surface area contributed by atoms with Gasteiger partial charge in [0, 0.05) is 55.7 Å². The fourth-order valence-electron chi connectivity index (χ4n) is 10.3. The van der Waals surface area contributed by atoms with E-state index in [1.165, 1.54) is 11.1 Å². The van der Waals surface area contributed by atoms with Gasteiger partial charge >= 0.3 is 11.9 Å². The third-order valence-electron chi connectivity index (χ3n) is 14.1. The SMILES string of the molecule is COc1cc2c(cc1OC)C(Cc1cc(OC)c(OC)c(OC)c1)[N@+](C)(CCCOC(=O)/C(Cl)=C/C(=O)OCCC[N@+]1(C)CCc3cc(OC)c(OC)cc3[C@H]1Cc1cc(OC)c(OC)c(OC)c1)CC2. The first-order valence-electron chi connectivity index (χ1n) is 23.6. The molecule has 0 spiro atoms. The van der Waals surface area contributed by atoms with E-state index in [1.807, 2.05) is 24.3 Å². The number of methoxy groups -OCH3 is 10. The Hall–Kier alpha value is -6.23. The first-order valence-corrected chi connectivity index (χ1v) is 24.0. The fraction of sp³-hybridized carbons (Fsp3) is 0.481. The van der Waals surface area contributed by atoms with Crippen LogP contribution in [0.25, 0.3) is 0 Å². The molecule has 0 saturated carbocycles. The van der Waals surface area contributed by atoms with Gasteiger partial charge in [-0.1, -0.05) is 11.6 Å². The van der Waals surface area contributed by atoms with Crippen molar-refractivity contribution in [3.05, 3.63) is 93.0 Å². The largest absolute Gasteiger partial charge is 0.493 e. The number of hydrogen-bond donors (Lipinski definition) is 0. The number of quaternary nitrogens is 2. The molecule has 0 bridgehead atoms. The summed E-state index contributed by atoms with van der Waals surface area (Å²) in [5, 5.41) is -0.356. The molecule has 17 heteroatoms. The second-order valence-electron chi connectivity index (χ2n) is 18.2. The highest BCUT2D eigenvalue weighted by molar-refractivity contribution is 6.42. The predicted molar refractivity (Wildman–Crippen MR) is 269 cm³/mol. The van der Waals surface area contributed by atoms with Crippen LogP contribution in [0, 0.1) is 0 Å². The minimum absolute atomic E-state index is 0.0170. The molecule has 0 N–H and O–H groups in total. The molecular formula is C54H71ClN2O14+2. The Morgan fingerprint density at radius 1 is 0.507 bits per heavy atom. The van der Waals surface area contributed by atoms with Gasteiger partial charge in [-0.05, 0) is 70.8 Å². The van der Waals surface area contributed by atoms with E-state index >= 15 is 0 Å². The van der Waals surface area contributed by atoms with E-state index in [9.17, 15) is 9.59 Å². The van der Waals surface area contributed by atoms with Crippen LogP contribution in [0.2, 0.25) is 0 Å². The molecule has 1 unspecified atom stereocenters. The molecule has 71 heavy (non-hydrogen) atoms. The van der Waals surface area contributed by atoms with Crippen LogP contribution >= 0.6 is 11.6 Å². The third kappa shape index (κ3) is 12.1. The van der Waals surface area contributed by atoms with Gasteiger partial charge in [-0.25, -0.2) is 9.59 Å². The highest BCUT2D eigenvalue weighted by Crippen LogP contribution is 2.47. The van der Waals surface area contributed by atoms with Gasteiger partial charge in [0.1, 0.15) is 17.1 Å². The Labute approximate surface area is 423 Å². The first kappa shape index (κ1) is 54.1. The summed E-state index contributed by atoms with van der Waals surface area (Å²) in [6.07, 6.45) is 4.96. The summed E-state index contributed by atoms with van der Waals surface area (Å²) >= 11 is 6.37. The van der Waals surface area contributed by atoms with Crippen LogP contribution < -0.4 is 47.4 Å². The number of fused-ring (bicyclic) bond motifs is 2. The summed E-state index contributed by atoms with van der Waals surface area (Å²) in [6, 6.07) is 16.1. The summed E-state index contributed by atoms with van der Waals surface area (Å²) in [7, 11) is 20.5. The van der Waals surface area contributed by atoms with Crippen LogP contribution in [0.15, 0.2) is 59.6 Å². The summed E-state index contributed by atoms with van der Waals surface area (Å²) < 4.78 is 69.3. The molecule has 4 aromatic carbocycles. The summed E-state index contributed by atoms with van der Waals surface area (Å²) in [6.45, 7) is 3.22. The molecule has 0 radical (unpaired) electrons. The third-order valence-corrected chi connectivity index (χ3v) is 14.4. The minimum Gasteiger partial charge on any atom is -0.493 e. The zero-order valence-electron chi connectivity index (χ0n) is 43.3. The summed E-state index contributed by atoms with van der Waals surface area (Å²) in [5.74, 6) is 4.46. The van der Waals surface area contributed by atoms with Gasteiger partial charge in [0.2, 0.25) is 11.5 Å². The predicted octanol–water partition coefficient (Wildman–Crippen LogP) is 8.04. The molecule has 0 fully saturated rings. The number of benzene rings is 4. The zero-order valence-corrected chi connectivity index (χ0v) is 44.1. The van der Waals surface area contributed by atoms with Crippen molar-refractivity contribution >= 4 is 23.5 Å². The van der Waals surface area contributed by atoms with Crippen LogP contribution in [0.4, 0.5) is 0 Å². The number of hydrogen-bond acceptors (Lipinski definition) is 14. The van der Waals surface area contributed by atoms with Crippen molar-refractivity contribution in [3.8, 4) is 57.5 Å². The number of halogens is 1. The van der Waals surface area contributed by atoms with E-state index in [0.29, 0.717) is 105 Å². The molecule has 4 aromatic rings. The van der Waals surface area contributed by atoms with Gasteiger partial charge < -0.3 is 65.8 Å². The van der Waals surface area contributed by atoms with Crippen molar-refractivity contribution in [1.29, 1.82) is 0 Å². The average Bonchev–Trinajstić information content (AvgIpc) is 3.38. The Bertz CT molecular complexity index is 2500. The molecular weight excluding hydrogens is 936 g/mol. The van der Waals surface area contributed by atoms with E-state index in [0.717, 1.165) is 54.3 Å². The van der Waals surface area contributed by atoms with Gasteiger partial charge in [0.15, 0.2) is 46.0 Å². The molecule has 0 amide bonds. The lowest BCUT2D eigenvalue weighted by Crippen LogP contribution is -2.52. The molecule has 2 aliphatic rings. The molecule has 2 heterocycles. The Morgan fingerprint density at radius 3 is 1.21 bits per heavy atom. The molecule has 6 rings (SSSR count). The minimum atomic E-state index is -0.798. The van der Waals surface area contributed by atoms with E-state index in [1.54, 1.807) is 71.1 Å². The lowest BCUT2D eigenvalue weighted by atomic mass is 9.86. The maximum atomic E-state index is 13.1. The van der Waals surface area contributed by atoms with Crippen molar-refractivity contribution in [2.45, 2.75) is 50.6 Å². The average molecular weight is 1010 g/mol. The second kappa shape index (κ2) is 24.3. The number of esters is 2. The Balaban J connectivity index is 1.09. The van der Waals surface area contributed by atoms with Crippen LogP contribution in [0.1, 0.15) is 58.3 Å². The number of likely N-dealkylation sites (N-methyl/N-ethyl adjacent to an activating group) is 2. The van der Waals surface area contributed by atoms with Crippen LogP contribution in [-0.2, 0) is 44.7 Å². The first-order chi connectivity index (χ1) is 34.2. The Kier molecular flexibility index (Phi) is 18.5. The van der Waals surface area contributed by atoms with Gasteiger partial charge in [-0.2, -0.15) is 0 Å². The number of carbonyl (C=O) groups excluding carboxylic acids is 2. The molecule has 0 aromatic heterocycles. The number of nitrogens with zero attached hydrogens (tertiary/aromatic N) is 2. The molecule has 4 atom stereocenters. The molecule has 386 valence electrons. The van der Waals surface area contributed by atoms with Gasteiger partial charge in [-0.15, -0.1) is 0 Å². The molecule has 16 nitrogen and oxygen atoms in total. The summed E-state index contributed by atoms with van der Waals surface area (Å²) in [4.78, 5) is 26.1. The Morgan fingerprint density at radius 2 is 0.859 bits per heavy atom. The van der Waals surface area contributed by atoms with Crippen molar-refractivity contribution in [2.24, 2.45) is 0 Å². The standard InChI is InChI=1S/C54H71ClN2O14/c1-56(19-15-36-29-43(60-3)45(62-5)31-38(36)41(56)23-34-25-47(64-7)52(68-11)48(26-34)65-8)17-13-21-70-51(58)33-40(55)54(59)71-22-14-18-57(2)20-16-37-30-44(61-4)46(63-6)32-39(37)42(57)24-35-27-49(66-9)53(69-12)50(28-35)67-10/h25-33,41-42H,13-24H2,1-12H3/q+2/b40-33-/t41-,42?,56-,57-/m1/s1. The monoisotopic (exact) mass is 1010 g/mol. The van der Waals surface area contributed by atoms with E-state index in [-0.39, 0.29) is 30.3 Å². The van der Waals surface area contributed by atoms with Crippen LogP contribution in [0.3, 0.4) is 0 Å². The number of rotatable bonds is 24. The van der Waals surface area contributed by atoms with E-state index in [4.69, 9.17) is 68.4 Å². The van der Waals surface area contributed by atoms with Crippen molar-refractivity contribution in [2.75, 3.05) is 125 Å². The topological polar surface area (TPSA) is 145 Å². The maximum Gasteiger partial charge on any atom is 0.350 e. The molecule has 0 aliphatic carbocycles. The van der Waals surface area contributed by atoms with Crippen molar-refractivity contribution < 1.29 is 75.4 Å². The van der Waals surface area contributed by atoms with Crippen molar-refractivity contribution in [3.63, 3.8) is 0 Å². The van der Waals surface area contributed by atoms with E-state index < -0.39 is 11.9 Å². The number of ether oxygens (including phenoxy) is 12. The van der Waals surface area contributed by atoms with Crippen LogP contribution in [-0.4, -0.2) is 145 Å².